The molecule has 1 N–H and O–H groups in total. The van der Waals surface area contributed by atoms with Gasteiger partial charge < -0.3 is 14.7 Å². The van der Waals surface area contributed by atoms with Crippen LogP contribution in [0.1, 0.15) is 25.3 Å². The summed E-state index contributed by atoms with van der Waals surface area (Å²) in [5.41, 5.74) is 1.19. The van der Waals surface area contributed by atoms with Crippen LogP contribution < -0.4 is 5.32 Å². The molecule has 3 rings (SSSR count). The molecule has 1 atom stereocenters. The Morgan fingerprint density at radius 1 is 1.37 bits per heavy atom. The maximum absolute atomic E-state index is 15.5. The quantitative estimate of drug-likeness (QED) is 0.857. The number of urea groups is 1. The molecule has 0 spiro atoms. The number of rotatable bonds is 4. The number of aryl methyl sites for hydroxylation is 1. The fourth-order valence-electron chi connectivity index (χ4n) is 3.30. The Hall–Kier alpha value is -2.42. The molecule has 0 saturated carbocycles. The van der Waals surface area contributed by atoms with Crippen LogP contribution in [0.4, 0.5) is 14.9 Å². The van der Waals surface area contributed by atoms with E-state index in [-0.39, 0.29) is 36.9 Å². The summed E-state index contributed by atoms with van der Waals surface area (Å²) in [6, 6.07) is 5.92. The Bertz CT molecular complexity index is 904. The van der Waals surface area contributed by atoms with Gasteiger partial charge in [-0.25, -0.2) is 17.6 Å². The lowest BCUT2D eigenvalue weighted by atomic mass is 9.92. The van der Waals surface area contributed by atoms with Crippen molar-refractivity contribution in [2.45, 2.75) is 36.6 Å². The molecule has 27 heavy (non-hydrogen) atoms. The molecular formula is C18H22FN3O4S. The molecule has 1 saturated heterocycles. The van der Waals surface area contributed by atoms with Crippen molar-refractivity contribution in [3.05, 3.63) is 42.3 Å². The van der Waals surface area contributed by atoms with Gasteiger partial charge in [-0.1, -0.05) is 17.3 Å². The number of nitrogens with one attached hydrogen (secondary N) is 1. The standard InChI is InChI=1S/C18H22FN3O4S/c1-13-4-3-5-16(10-13)27(24,25)18(2,19)14-6-8-22(9-7-14)17(23)21-15-11-20-26-12-15/h3-5,10-12,14H,6-9H2,1-2H3,(H,21,23). The lowest BCUT2D eigenvalue weighted by molar-refractivity contribution is 0.117. The Morgan fingerprint density at radius 2 is 2.07 bits per heavy atom. The van der Waals surface area contributed by atoms with Crippen LogP contribution in [0.2, 0.25) is 0 Å². The van der Waals surface area contributed by atoms with Crippen molar-refractivity contribution in [2.75, 3.05) is 18.4 Å². The molecule has 0 bridgehead atoms. The van der Waals surface area contributed by atoms with E-state index in [0.29, 0.717) is 5.69 Å². The smallest absolute Gasteiger partial charge is 0.321 e. The minimum Gasteiger partial charge on any atom is -0.363 e. The number of amides is 2. The second-order valence-electron chi connectivity index (χ2n) is 6.91. The van der Waals surface area contributed by atoms with Gasteiger partial charge in [-0.05, 0) is 44.4 Å². The number of alkyl halides is 1. The van der Waals surface area contributed by atoms with Gasteiger partial charge in [0.25, 0.3) is 0 Å². The lowest BCUT2D eigenvalue weighted by Gasteiger charge is -2.37. The molecule has 1 fully saturated rings. The van der Waals surface area contributed by atoms with E-state index >= 15 is 4.39 Å². The lowest BCUT2D eigenvalue weighted by Crippen LogP contribution is -2.47. The first-order valence-electron chi connectivity index (χ1n) is 8.67. The monoisotopic (exact) mass is 395 g/mol. The molecule has 1 unspecified atom stereocenters. The topological polar surface area (TPSA) is 92.5 Å². The third-order valence-corrected chi connectivity index (χ3v) is 7.28. The van der Waals surface area contributed by atoms with Gasteiger partial charge in [0, 0.05) is 19.0 Å². The number of anilines is 1. The van der Waals surface area contributed by atoms with Gasteiger partial charge in [0.2, 0.25) is 14.8 Å². The average Bonchev–Trinajstić information content (AvgIpc) is 3.14. The van der Waals surface area contributed by atoms with Crippen LogP contribution in [0, 0.1) is 12.8 Å². The van der Waals surface area contributed by atoms with Gasteiger partial charge >= 0.3 is 6.03 Å². The third kappa shape index (κ3) is 3.83. The summed E-state index contributed by atoms with van der Waals surface area (Å²) in [6.45, 7) is 3.43. The van der Waals surface area contributed by atoms with E-state index in [2.05, 4.69) is 15.0 Å². The van der Waals surface area contributed by atoms with Crippen molar-refractivity contribution in [1.82, 2.24) is 10.1 Å². The van der Waals surface area contributed by atoms with E-state index in [1.807, 2.05) is 0 Å². The fraction of sp³-hybridized carbons (Fsp3) is 0.444. The second-order valence-corrected chi connectivity index (χ2v) is 9.19. The fourth-order valence-corrected chi connectivity index (χ4v) is 5.03. The molecule has 7 nitrogen and oxygen atoms in total. The molecule has 1 aromatic carbocycles. The number of halogens is 1. The SMILES string of the molecule is Cc1cccc(S(=O)(=O)C(C)(F)C2CCN(C(=O)Nc3cnoc3)CC2)c1. The van der Waals surface area contributed by atoms with E-state index in [1.165, 1.54) is 29.5 Å². The number of benzene rings is 1. The summed E-state index contributed by atoms with van der Waals surface area (Å²) in [4.78, 5) is 13.7. The zero-order valence-electron chi connectivity index (χ0n) is 15.2. The minimum atomic E-state index is -4.15. The van der Waals surface area contributed by atoms with Crippen molar-refractivity contribution in [1.29, 1.82) is 0 Å². The Labute approximate surface area is 157 Å². The molecule has 0 radical (unpaired) electrons. The second kappa shape index (κ2) is 7.30. The van der Waals surface area contributed by atoms with Crippen molar-refractivity contribution in [2.24, 2.45) is 5.92 Å². The summed E-state index contributed by atoms with van der Waals surface area (Å²) in [6.07, 6.45) is 3.19. The number of piperidine rings is 1. The number of hydrogen-bond acceptors (Lipinski definition) is 5. The molecule has 2 heterocycles. The Morgan fingerprint density at radius 3 is 2.67 bits per heavy atom. The molecule has 9 heteroatoms. The van der Waals surface area contributed by atoms with Crippen LogP contribution in [0.3, 0.4) is 0 Å². The normalized spacial score (nSPS) is 18.1. The van der Waals surface area contributed by atoms with Crippen LogP contribution in [-0.2, 0) is 9.84 Å². The van der Waals surface area contributed by atoms with Gasteiger partial charge in [-0.3, -0.25) is 0 Å². The van der Waals surface area contributed by atoms with E-state index < -0.39 is 20.8 Å². The number of likely N-dealkylation sites (tertiary alicyclic amines) is 1. The summed E-state index contributed by atoms with van der Waals surface area (Å²) < 4.78 is 45.8. The maximum Gasteiger partial charge on any atom is 0.321 e. The number of sulfone groups is 1. The molecule has 2 aromatic rings. The van der Waals surface area contributed by atoms with E-state index in [4.69, 9.17) is 0 Å². The Balaban J connectivity index is 1.68. The van der Waals surface area contributed by atoms with E-state index in [0.717, 1.165) is 12.5 Å². The molecular weight excluding hydrogens is 373 g/mol. The average molecular weight is 395 g/mol. The molecule has 2 amide bonds. The largest absolute Gasteiger partial charge is 0.363 e. The van der Waals surface area contributed by atoms with Gasteiger partial charge in [-0.2, -0.15) is 0 Å². The third-order valence-electron chi connectivity index (χ3n) is 5.02. The number of aromatic nitrogens is 1. The van der Waals surface area contributed by atoms with Crippen molar-refractivity contribution in [3.8, 4) is 0 Å². The van der Waals surface area contributed by atoms with Gasteiger partial charge in [0.1, 0.15) is 12.0 Å². The number of hydrogen-bond donors (Lipinski definition) is 1. The highest BCUT2D eigenvalue weighted by Crippen LogP contribution is 2.39. The Kier molecular flexibility index (Phi) is 5.23. The summed E-state index contributed by atoms with van der Waals surface area (Å²) >= 11 is 0. The van der Waals surface area contributed by atoms with E-state index in [1.54, 1.807) is 19.1 Å². The highest BCUT2D eigenvalue weighted by Gasteiger charge is 2.48. The first-order chi connectivity index (χ1) is 12.7. The van der Waals surface area contributed by atoms with Crippen molar-refractivity contribution in [3.63, 3.8) is 0 Å². The van der Waals surface area contributed by atoms with Gasteiger partial charge in [0.15, 0.2) is 0 Å². The van der Waals surface area contributed by atoms with Crippen molar-refractivity contribution < 1.29 is 22.1 Å². The van der Waals surface area contributed by atoms with Crippen LogP contribution >= 0.6 is 0 Å². The molecule has 146 valence electrons. The molecule has 1 aromatic heterocycles. The van der Waals surface area contributed by atoms with Crippen LogP contribution in [-0.4, -0.2) is 42.6 Å². The highest BCUT2D eigenvalue weighted by atomic mass is 32.2. The molecule has 1 aliphatic rings. The summed E-state index contributed by atoms with van der Waals surface area (Å²) in [5, 5.41) is 3.72. The first-order valence-corrected chi connectivity index (χ1v) is 10.2. The number of carbonyl (C=O) groups is 1. The van der Waals surface area contributed by atoms with Gasteiger partial charge in [0.05, 0.1) is 11.1 Å². The first kappa shape index (κ1) is 19.3. The van der Waals surface area contributed by atoms with Crippen LogP contribution in [0.15, 0.2) is 46.1 Å². The van der Waals surface area contributed by atoms with Crippen molar-refractivity contribution >= 4 is 21.6 Å². The molecule has 1 aliphatic heterocycles. The van der Waals surface area contributed by atoms with Crippen LogP contribution in [0.5, 0.6) is 0 Å². The molecule has 0 aliphatic carbocycles. The number of carbonyl (C=O) groups excluding carboxylic acids is 1. The minimum absolute atomic E-state index is 0.0138. The predicted octanol–water partition coefficient (Wildman–Crippen LogP) is 3.39. The zero-order valence-corrected chi connectivity index (χ0v) is 16.0. The zero-order chi connectivity index (χ0) is 19.7. The summed E-state index contributed by atoms with van der Waals surface area (Å²) in [7, 11) is -4.15. The summed E-state index contributed by atoms with van der Waals surface area (Å²) in [5.74, 6) is -0.692. The highest BCUT2D eigenvalue weighted by molar-refractivity contribution is 7.92. The van der Waals surface area contributed by atoms with Crippen LogP contribution in [0.25, 0.3) is 0 Å². The van der Waals surface area contributed by atoms with E-state index in [9.17, 15) is 13.2 Å². The number of nitrogens with zero attached hydrogens (tertiary/aromatic N) is 2. The maximum atomic E-state index is 15.5. The van der Waals surface area contributed by atoms with Gasteiger partial charge in [-0.15, -0.1) is 0 Å². The predicted molar refractivity (Wildman–Crippen MR) is 97.7 cm³/mol.